The Morgan fingerprint density at radius 2 is 1.91 bits per heavy atom. The molecule has 0 saturated carbocycles. The van der Waals surface area contributed by atoms with E-state index < -0.39 is 0 Å². The Morgan fingerprint density at radius 3 is 2.55 bits per heavy atom. The average Bonchev–Trinajstić information content (AvgIpc) is 2.07. The van der Waals surface area contributed by atoms with E-state index in [2.05, 4.69) is 10.9 Å². The average molecular weight is 152 g/mol. The van der Waals surface area contributed by atoms with E-state index in [0.717, 1.165) is 5.69 Å². The maximum atomic E-state index is 8.44. The van der Waals surface area contributed by atoms with Gasteiger partial charge in [-0.3, -0.25) is 0 Å². The van der Waals surface area contributed by atoms with Crippen molar-refractivity contribution in [2.24, 2.45) is 0 Å². The number of anilines is 1. The zero-order valence-electron chi connectivity index (χ0n) is 6.25. The maximum absolute atomic E-state index is 8.44. The fraction of sp³-hybridized carbons (Fsp3) is 0.250. The number of para-hydroxylation sites is 1. The zero-order chi connectivity index (χ0) is 7.94. The minimum Gasteiger partial charge on any atom is -0.395 e. The van der Waals surface area contributed by atoms with Crippen LogP contribution in [0, 0.1) is 0 Å². The minimum atomic E-state index is 0.139. The van der Waals surface area contributed by atoms with Crippen LogP contribution in [0.15, 0.2) is 30.3 Å². The lowest BCUT2D eigenvalue weighted by molar-refractivity contribution is 0.296. The van der Waals surface area contributed by atoms with Crippen molar-refractivity contribution in [1.82, 2.24) is 5.43 Å². The summed E-state index contributed by atoms with van der Waals surface area (Å²) in [5.74, 6) is 0. The highest BCUT2D eigenvalue weighted by Crippen LogP contribution is 2.01. The van der Waals surface area contributed by atoms with E-state index in [4.69, 9.17) is 5.11 Å². The van der Waals surface area contributed by atoms with E-state index in [-0.39, 0.29) is 6.61 Å². The molecule has 11 heavy (non-hydrogen) atoms. The van der Waals surface area contributed by atoms with Crippen molar-refractivity contribution in [1.29, 1.82) is 0 Å². The molecule has 0 saturated heterocycles. The van der Waals surface area contributed by atoms with Gasteiger partial charge in [-0.05, 0) is 12.1 Å². The first-order valence-electron chi connectivity index (χ1n) is 3.58. The first-order valence-corrected chi connectivity index (χ1v) is 3.58. The Balaban J connectivity index is 2.28. The standard InChI is InChI=1S/C8H12N2O/c11-7-6-9-10-8-4-2-1-3-5-8/h1-5,9-11H,6-7H2. The molecule has 0 aliphatic carbocycles. The monoisotopic (exact) mass is 152 g/mol. The van der Waals surface area contributed by atoms with Crippen LogP contribution >= 0.6 is 0 Å². The Morgan fingerprint density at radius 1 is 1.18 bits per heavy atom. The van der Waals surface area contributed by atoms with Crippen molar-refractivity contribution >= 4 is 5.69 Å². The van der Waals surface area contributed by atoms with Crippen molar-refractivity contribution in [2.45, 2.75) is 0 Å². The van der Waals surface area contributed by atoms with Crippen molar-refractivity contribution in [3.63, 3.8) is 0 Å². The fourth-order valence-electron chi connectivity index (χ4n) is 0.742. The molecule has 0 aromatic heterocycles. The van der Waals surface area contributed by atoms with Crippen LogP contribution in [-0.2, 0) is 0 Å². The molecule has 3 N–H and O–H groups in total. The van der Waals surface area contributed by atoms with Crippen LogP contribution in [0.3, 0.4) is 0 Å². The lowest BCUT2D eigenvalue weighted by atomic mass is 10.3. The van der Waals surface area contributed by atoms with Crippen LogP contribution in [0.2, 0.25) is 0 Å². The lowest BCUT2D eigenvalue weighted by Gasteiger charge is -2.05. The minimum absolute atomic E-state index is 0.139. The first-order chi connectivity index (χ1) is 5.43. The van der Waals surface area contributed by atoms with E-state index in [1.165, 1.54) is 0 Å². The van der Waals surface area contributed by atoms with Gasteiger partial charge in [0, 0.05) is 12.2 Å². The number of rotatable bonds is 4. The molecule has 0 fully saturated rings. The highest BCUT2D eigenvalue weighted by molar-refractivity contribution is 5.41. The molecule has 0 radical (unpaired) electrons. The Labute approximate surface area is 66.0 Å². The summed E-state index contributed by atoms with van der Waals surface area (Å²) >= 11 is 0. The molecule has 1 aromatic carbocycles. The second-order valence-electron chi connectivity index (χ2n) is 2.14. The van der Waals surface area contributed by atoms with Crippen LogP contribution in [-0.4, -0.2) is 18.3 Å². The summed E-state index contributed by atoms with van der Waals surface area (Å²) < 4.78 is 0. The summed E-state index contributed by atoms with van der Waals surface area (Å²) in [5, 5.41) is 8.44. The van der Waals surface area contributed by atoms with Gasteiger partial charge in [-0.1, -0.05) is 18.2 Å². The molecular formula is C8H12N2O. The van der Waals surface area contributed by atoms with Gasteiger partial charge in [0.25, 0.3) is 0 Å². The molecule has 3 nitrogen and oxygen atoms in total. The molecular weight excluding hydrogens is 140 g/mol. The number of hydrogen-bond donors (Lipinski definition) is 3. The van der Waals surface area contributed by atoms with Gasteiger partial charge in [-0.15, -0.1) is 0 Å². The van der Waals surface area contributed by atoms with Crippen LogP contribution in [0.25, 0.3) is 0 Å². The summed E-state index contributed by atoms with van der Waals surface area (Å²) in [4.78, 5) is 0. The number of benzene rings is 1. The summed E-state index contributed by atoms with van der Waals surface area (Å²) in [7, 11) is 0. The van der Waals surface area contributed by atoms with Crippen molar-refractivity contribution in [2.75, 3.05) is 18.6 Å². The normalized spacial score (nSPS) is 9.55. The topological polar surface area (TPSA) is 44.3 Å². The number of hydrazine groups is 1. The number of aliphatic hydroxyl groups is 1. The van der Waals surface area contributed by atoms with Crippen LogP contribution < -0.4 is 10.9 Å². The summed E-state index contributed by atoms with van der Waals surface area (Å²) in [6.45, 7) is 0.689. The van der Waals surface area contributed by atoms with Gasteiger partial charge in [0.15, 0.2) is 0 Å². The molecule has 1 aromatic rings. The smallest absolute Gasteiger partial charge is 0.0574 e. The van der Waals surface area contributed by atoms with Gasteiger partial charge < -0.3 is 10.5 Å². The lowest BCUT2D eigenvalue weighted by Crippen LogP contribution is -2.24. The van der Waals surface area contributed by atoms with Crippen LogP contribution in [0.1, 0.15) is 0 Å². The Hall–Kier alpha value is -1.06. The molecule has 0 bridgehead atoms. The molecule has 0 unspecified atom stereocenters. The highest BCUT2D eigenvalue weighted by Gasteiger charge is 1.85. The number of nitrogens with one attached hydrogen (secondary N) is 2. The Kier molecular flexibility index (Phi) is 3.44. The van der Waals surface area contributed by atoms with E-state index in [0.29, 0.717) is 6.54 Å². The van der Waals surface area contributed by atoms with Gasteiger partial charge in [-0.2, -0.15) is 0 Å². The molecule has 1 rings (SSSR count). The van der Waals surface area contributed by atoms with E-state index in [1.54, 1.807) is 0 Å². The highest BCUT2D eigenvalue weighted by atomic mass is 16.3. The van der Waals surface area contributed by atoms with E-state index >= 15 is 0 Å². The van der Waals surface area contributed by atoms with Crippen molar-refractivity contribution < 1.29 is 5.11 Å². The molecule has 60 valence electrons. The number of aliphatic hydroxyl groups excluding tert-OH is 1. The van der Waals surface area contributed by atoms with Gasteiger partial charge in [-0.25, -0.2) is 5.43 Å². The first kappa shape index (κ1) is 8.04. The van der Waals surface area contributed by atoms with Crippen molar-refractivity contribution in [3.8, 4) is 0 Å². The van der Waals surface area contributed by atoms with Gasteiger partial charge in [0.1, 0.15) is 0 Å². The zero-order valence-corrected chi connectivity index (χ0v) is 6.25. The van der Waals surface area contributed by atoms with Gasteiger partial charge in [0.05, 0.1) is 6.61 Å². The molecule has 0 heterocycles. The largest absolute Gasteiger partial charge is 0.395 e. The van der Waals surface area contributed by atoms with E-state index in [9.17, 15) is 0 Å². The summed E-state index contributed by atoms with van der Waals surface area (Å²) in [6.07, 6.45) is 0. The molecule has 0 spiro atoms. The molecule has 0 atom stereocenters. The maximum Gasteiger partial charge on any atom is 0.0574 e. The molecule has 0 aliphatic rings. The quantitative estimate of drug-likeness (QED) is 0.437. The third-order valence-corrected chi connectivity index (χ3v) is 1.24. The fourth-order valence-corrected chi connectivity index (χ4v) is 0.742. The predicted octanol–water partition coefficient (Wildman–Crippen LogP) is 0.595. The second-order valence-corrected chi connectivity index (χ2v) is 2.14. The van der Waals surface area contributed by atoms with Gasteiger partial charge >= 0.3 is 0 Å². The second kappa shape index (κ2) is 4.71. The molecule has 0 amide bonds. The Bertz CT molecular complexity index is 189. The van der Waals surface area contributed by atoms with Gasteiger partial charge in [0.2, 0.25) is 0 Å². The summed E-state index contributed by atoms with van der Waals surface area (Å²) in [5.41, 5.74) is 6.79. The van der Waals surface area contributed by atoms with Crippen LogP contribution in [0.4, 0.5) is 5.69 Å². The van der Waals surface area contributed by atoms with E-state index in [1.807, 2.05) is 30.3 Å². The van der Waals surface area contributed by atoms with Crippen LogP contribution in [0.5, 0.6) is 0 Å². The third kappa shape index (κ3) is 3.02. The third-order valence-electron chi connectivity index (χ3n) is 1.24. The predicted molar refractivity (Wildman–Crippen MR) is 45.2 cm³/mol. The SMILES string of the molecule is OCCNNc1ccccc1. The molecule has 3 heteroatoms. The number of hydrogen-bond acceptors (Lipinski definition) is 3. The molecule has 0 aliphatic heterocycles. The summed E-state index contributed by atoms with van der Waals surface area (Å²) in [6, 6.07) is 9.75. The van der Waals surface area contributed by atoms with Crippen molar-refractivity contribution in [3.05, 3.63) is 30.3 Å².